The van der Waals surface area contributed by atoms with Gasteiger partial charge in [0.05, 0.1) is 6.61 Å². The molecule has 2 fully saturated rings. The summed E-state index contributed by atoms with van der Waals surface area (Å²) in [6, 6.07) is 7.58. The number of piperidine rings is 2. The minimum absolute atomic E-state index is 0.304. The molecule has 0 bridgehead atoms. The smallest absolute Gasteiger partial charge is 0.330 e. The van der Waals surface area contributed by atoms with E-state index >= 15 is 0 Å². The normalized spacial score (nSPS) is 23.4. The van der Waals surface area contributed by atoms with Crippen LogP contribution in [0, 0.1) is 5.92 Å². The topological polar surface area (TPSA) is 55.8 Å². The molecule has 3 rings (SSSR count). The highest BCUT2D eigenvalue weighted by Gasteiger charge is 2.33. The second kappa shape index (κ2) is 8.99. The minimum atomic E-state index is -0.351. The Morgan fingerprint density at radius 3 is 2.65 bits per heavy atom. The van der Waals surface area contributed by atoms with Gasteiger partial charge in [0.1, 0.15) is 5.75 Å². The molecule has 2 heterocycles. The molecule has 2 aliphatic heterocycles. The Labute approximate surface area is 155 Å². The molecule has 2 saturated heterocycles. The predicted molar refractivity (Wildman–Crippen MR) is 99.7 cm³/mol. The highest BCUT2D eigenvalue weighted by molar-refractivity contribution is 5.87. The first kappa shape index (κ1) is 18.6. The second-order valence-corrected chi connectivity index (χ2v) is 7.13. The first-order valence-corrected chi connectivity index (χ1v) is 9.49. The van der Waals surface area contributed by atoms with E-state index < -0.39 is 0 Å². The lowest BCUT2D eigenvalue weighted by atomic mass is 9.84. The van der Waals surface area contributed by atoms with Crippen LogP contribution in [0.1, 0.15) is 44.6 Å². The monoisotopic (exact) mass is 357 g/mol. The molecule has 0 radical (unpaired) electrons. The second-order valence-electron chi connectivity index (χ2n) is 7.13. The van der Waals surface area contributed by atoms with E-state index in [0.29, 0.717) is 24.3 Å². The van der Waals surface area contributed by atoms with E-state index in [2.05, 4.69) is 4.90 Å². The lowest BCUT2D eigenvalue weighted by Crippen LogP contribution is -2.49. The largest absolute Gasteiger partial charge is 0.462 e. The number of hydrogen-bond acceptors (Lipinski definition) is 5. The standard InChI is InChI=1S/C21H27NO4/c1-16(23)26-19-10-7-17(8-11-19)9-12-21(24)25-15-18-5-4-14-22-13-3-2-6-20(18)22/h7-12,18,20H,2-6,13-15H2,1H3. The van der Waals surface area contributed by atoms with Crippen molar-refractivity contribution in [3.05, 3.63) is 35.9 Å². The SMILES string of the molecule is CC(=O)Oc1ccc(C=CC(=O)OCC2CCCN3CCCCC23)cc1. The fourth-order valence-electron chi connectivity index (χ4n) is 3.99. The van der Waals surface area contributed by atoms with Gasteiger partial charge in [0.25, 0.3) is 0 Å². The first-order valence-electron chi connectivity index (χ1n) is 9.49. The number of esters is 2. The highest BCUT2D eigenvalue weighted by atomic mass is 16.5. The van der Waals surface area contributed by atoms with E-state index in [-0.39, 0.29) is 11.9 Å². The van der Waals surface area contributed by atoms with Gasteiger partial charge in [-0.05, 0) is 62.5 Å². The molecule has 1 aromatic rings. The number of rotatable bonds is 5. The summed E-state index contributed by atoms with van der Waals surface area (Å²) in [6.45, 7) is 4.26. The van der Waals surface area contributed by atoms with Crippen LogP contribution in [0.4, 0.5) is 0 Å². The van der Waals surface area contributed by atoms with E-state index in [9.17, 15) is 9.59 Å². The summed E-state index contributed by atoms with van der Waals surface area (Å²) in [5.74, 6) is 0.300. The summed E-state index contributed by atoms with van der Waals surface area (Å²) in [6.07, 6.45) is 9.33. The molecule has 0 aliphatic carbocycles. The van der Waals surface area contributed by atoms with Crippen molar-refractivity contribution in [3.8, 4) is 5.75 Å². The molecule has 0 amide bonds. The Kier molecular flexibility index (Phi) is 6.45. The maximum absolute atomic E-state index is 12.0. The van der Waals surface area contributed by atoms with Gasteiger partial charge < -0.3 is 9.47 Å². The molecular weight excluding hydrogens is 330 g/mol. The highest BCUT2D eigenvalue weighted by Crippen LogP contribution is 2.31. The van der Waals surface area contributed by atoms with Crippen molar-refractivity contribution in [2.75, 3.05) is 19.7 Å². The van der Waals surface area contributed by atoms with Crippen molar-refractivity contribution in [3.63, 3.8) is 0 Å². The molecule has 0 aromatic heterocycles. The summed E-state index contributed by atoms with van der Waals surface area (Å²) >= 11 is 0. The Balaban J connectivity index is 1.47. The minimum Gasteiger partial charge on any atom is -0.462 e. The van der Waals surface area contributed by atoms with Gasteiger partial charge >= 0.3 is 11.9 Å². The summed E-state index contributed by atoms with van der Waals surface area (Å²) < 4.78 is 10.5. The van der Waals surface area contributed by atoms with Gasteiger partial charge in [-0.2, -0.15) is 0 Å². The van der Waals surface area contributed by atoms with Crippen molar-refractivity contribution in [1.82, 2.24) is 4.90 Å². The van der Waals surface area contributed by atoms with Gasteiger partial charge in [0, 0.05) is 25.0 Å². The van der Waals surface area contributed by atoms with E-state index in [4.69, 9.17) is 9.47 Å². The number of nitrogens with zero attached hydrogens (tertiary/aromatic N) is 1. The van der Waals surface area contributed by atoms with E-state index in [1.54, 1.807) is 30.3 Å². The predicted octanol–water partition coefficient (Wildman–Crippen LogP) is 3.43. The van der Waals surface area contributed by atoms with Crippen LogP contribution < -0.4 is 4.74 Å². The van der Waals surface area contributed by atoms with E-state index in [1.807, 2.05) is 0 Å². The zero-order valence-electron chi connectivity index (χ0n) is 15.4. The Hall–Kier alpha value is -2.14. The lowest BCUT2D eigenvalue weighted by molar-refractivity contribution is -0.140. The number of ether oxygens (including phenoxy) is 2. The zero-order chi connectivity index (χ0) is 18.4. The molecule has 140 valence electrons. The Bertz CT molecular complexity index is 650. The lowest BCUT2D eigenvalue weighted by Gasteiger charge is -2.44. The molecule has 1 aromatic carbocycles. The van der Waals surface area contributed by atoms with Crippen LogP contribution >= 0.6 is 0 Å². The van der Waals surface area contributed by atoms with Crippen molar-refractivity contribution in [2.24, 2.45) is 5.92 Å². The van der Waals surface area contributed by atoms with Gasteiger partial charge in [-0.15, -0.1) is 0 Å². The maximum Gasteiger partial charge on any atom is 0.330 e. The number of carbonyl (C=O) groups is 2. The van der Waals surface area contributed by atoms with Crippen LogP contribution in [0.25, 0.3) is 6.08 Å². The molecular formula is C21H27NO4. The van der Waals surface area contributed by atoms with Crippen LogP contribution in [0.15, 0.2) is 30.3 Å². The Morgan fingerprint density at radius 2 is 1.88 bits per heavy atom. The van der Waals surface area contributed by atoms with Crippen LogP contribution in [0.5, 0.6) is 5.75 Å². The van der Waals surface area contributed by atoms with E-state index in [0.717, 1.165) is 12.0 Å². The summed E-state index contributed by atoms with van der Waals surface area (Å²) in [5.41, 5.74) is 0.856. The van der Waals surface area contributed by atoms with Crippen molar-refractivity contribution < 1.29 is 19.1 Å². The molecule has 2 unspecified atom stereocenters. The van der Waals surface area contributed by atoms with Crippen molar-refractivity contribution >= 4 is 18.0 Å². The van der Waals surface area contributed by atoms with Crippen molar-refractivity contribution in [2.45, 2.75) is 45.1 Å². The van der Waals surface area contributed by atoms with Crippen LogP contribution in [0.3, 0.4) is 0 Å². The molecule has 0 saturated carbocycles. The quantitative estimate of drug-likeness (QED) is 0.459. The summed E-state index contributed by atoms with van der Waals surface area (Å²) in [5, 5.41) is 0. The maximum atomic E-state index is 12.0. The zero-order valence-corrected chi connectivity index (χ0v) is 15.4. The van der Waals surface area contributed by atoms with Crippen LogP contribution in [-0.2, 0) is 14.3 Å². The molecule has 5 nitrogen and oxygen atoms in total. The first-order chi connectivity index (χ1) is 12.6. The average Bonchev–Trinajstić information content (AvgIpc) is 2.65. The number of fused-ring (bicyclic) bond motifs is 1. The molecule has 2 aliphatic rings. The number of hydrogen-bond donors (Lipinski definition) is 0. The number of benzene rings is 1. The summed E-state index contributed by atoms with van der Waals surface area (Å²) in [7, 11) is 0. The van der Waals surface area contributed by atoms with Crippen LogP contribution in [0.2, 0.25) is 0 Å². The summed E-state index contributed by atoms with van der Waals surface area (Å²) in [4.78, 5) is 25.5. The fourth-order valence-corrected chi connectivity index (χ4v) is 3.99. The van der Waals surface area contributed by atoms with Crippen molar-refractivity contribution in [1.29, 1.82) is 0 Å². The van der Waals surface area contributed by atoms with Gasteiger partial charge in [-0.3, -0.25) is 9.69 Å². The third kappa shape index (κ3) is 5.18. The van der Waals surface area contributed by atoms with Gasteiger partial charge in [-0.25, -0.2) is 4.79 Å². The third-order valence-corrected chi connectivity index (χ3v) is 5.22. The molecule has 5 heteroatoms. The van der Waals surface area contributed by atoms with E-state index in [1.165, 1.54) is 51.8 Å². The average molecular weight is 357 g/mol. The molecule has 26 heavy (non-hydrogen) atoms. The van der Waals surface area contributed by atoms with Crippen LogP contribution in [-0.4, -0.2) is 42.6 Å². The number of carbonyl (C=O) groups excluding carboxylic acids is 2. The molecule has 0 N–H and O–H groups in total. The van der Waals surface area contributed by atoms with Gasteiger partial charge in [0.15, 0.2) is 0 Å². The van der Waals surface area contributed by atoms with Gasteiger partial charge in [-0.1, -0.05) is 18.6 Å². The fraction of sp³-hybridized carbons (Fsp3) is 0.524. The Morgan fingerprint density at radius 1 is 1.12 bits per heavy atom. The third-order valence-electron chi connectivity index (χ3n) is 5.22. The molecule has 0 spiro atoms. The molecule has 2 atom stereocenters. The van der Waals surface area contributed by atoms with Gasteiger partial charge in [0.2, 0.25) is 0 Å².